The maximum absolute atomic E-state index is 12.2. The van der Waals surface area contributed by atoms with Gasteiger partial charge in [-0.05, 0) is 49.8 Å². The van der Waals surface area contributed by atoms with E-state index in [0.717, 1.165) is 12.1 Å². The number of hydrogen-bond donors (Lipinski definition) is 2. The average Bonchev–Trinajstić information content (AvgIpc) is 2.85. The molecule has 0 aromatic heterocycles. The second-order valence-electron chi connectivity index (χ2n) is 5.28. The van der Waals surface area contributed by atoms with Crippen molar-refractivity contribution in [3.05, 3.63) is 29.3 Å². The van der Waals surface area contributed by atoms with Crippen molar-refractivity contribution in [3.8, 4) is 5.75 Å². The van der Waals surface area contributed by atoms with E-state index in [1.54, 1.807) is 18.2 Å². The van der Waals surface area contributed by atoms with Crippen LogP contribution >= 0.6 is 11.8 Å². The van der Waals surface area contributed by atoms with Crippen LogP contribution in [-0.4, -0.2) is 28.6 Å². The van der Waals surface area contributed by atoms with Crippen LogP contribution in [0, 0.1) is 6.92 Å². The van der Waals surface area contributed by atoms with Gasteiger partial charge in [0, 0.05) is 16.9 Å². The zero-order chi connectivity index (χ0) is 13.9. The summed E-state index contributed by atoms with van der Waals surface area (Å²) in [4.78, 5) is 12.2. The van der Waals surface area contributed by atoms with Crippen LogP contribution in [0.2, 0.25) is 0 Å². The van der Waals surface area contributed by atoms with Gasteiger partial charge in [-0.1, -0.05) is 12.8 Å². The minimum absolute atomic E-state index is 0.0437. The van der Waals surface area contributed by atoms with E-state index in [1.165, 1.54) is 25.7 Å². The summed E-state index contributed by atoms with van der Waals surface area (Å²) in [6.45, 7) is 2.57. The summed E-state index contributed by atoms with van der Waals surface area (Å²) in [7, 11) is 0. The zero-order valence-electron chi connectivity index (χ0n) is 11.5. The van der Waals surface area contributed by atoms with Crippen LogP contribution in [-0.2, 0) is 0 Å². The molecule has 0 aliphatic heterocycles. The summed E-state index contributed by atoms with van der Waals surface area (Å²) in [5.41, 5.74) is 1.45. The molecule has 1 aliphatic carbocycles. The number of phenolic OH excluding ortho intramolecular Hbond substituents is 1. The van der Waals surface area contributed by atoms with Crippen molar-refractivity contribution in [2.75, 3.05) is 12.8 Å². The Morgan fingerprint density at radius 2 is 2.11 bits per heavy atom. The van der Waals surface area contributed by atoms with Gasteiger partial charge < -0.3 is 10.4 Å². The molecular weight excluding hydrogens is 258 g/mol. The number of amides is 1. The first-order valence-electron chi connectivity index (χ1n) is 6.69. The molecule has 1 aromatic carbocycles. The molecule has 0 radical (unpaired) electrons. The molecule has 4 heteroatoms. The fraction of sp³-hybridized carbons (Fsp3) is 0.533. The Hall–Kier alpha value is -1.16. The number of nitrogens with one attached hydrogen (secondary N) is 1. The van der Waals surface area contributed by atoms with Gasteiger partial charge in [0.2, 0.25) is 0 Å². The van der Waals surface area contributed by atoms with E-state index in [0.29, 0.717) is 5.56 Å². The van der Waals surface area contributed by atoms with E-state index in [2.05, 4.69) is 11.6 Å². The fourth-order valence-corrected chi connectivity index (χ4v) is 3.63. The van der Waals surface area contributed by atoms with Gasteiger partial charge in [0.15, 0.2) is 0 Å². The molecule has 0 spiro atoms. The van der Waals surface area contributed by atoms with E-state index < -0.39 is 0 Å². The van der Waals surface area contributed by atoms with Gasteiger partial charge in [-0.2, -0.15) is 11.8 Å². The Labute approximate surface area is 118 Å². The SMILES string of the molecule is CSC1(CNC(=O)c2ccc(O)cc2C)CCCC1. The predicted octanol–water partition coefficient (Wildman–Crippen LogP) is 3.11. The van der Waals surface area contributed by atoms with Gasteiger partial charge in [-0.3, -0.25) is 4.79 Å². The molecule has 19 heavy (non-hydrogen) atoms. The lowest BCUT2D eigenvalue weighted by Gasteiger charge is -2.27. The molecular formula is C15H21NO2S. The van der Waals surface area contributed by atoms with Crippen LogP contribution in [0.5, 0.6) is 5.75 Å². The highest BCUT2D eigenvalue weighted by Gasteiger charge is 2.33. The van der Waals surface area contributed by atoms with Gasteiger partial charge in [0.05, 0.1) is 0 Å². The summed E-state index contributed by atoms with van der Waals surface area (Å²) in [6, 6.07) is 4.86. The third kappa shape index (κ3) is 3.24. The standard InChI is InChI=1S/C15H21NO2S/c1-11-9-12(17)5-6-13(11)14(18)16-10-15(19-2)7-3-4-8-15/h5-6,9,17H,3-4,7-8,10H2,1-2H3,(H,16,18). The monoisotopic (exact) mass is 279 g/mol. The van der Waals surface area contributed by atoms with Crippen molar-refractivity contribution in [1.82, 2.24) is 5.32 Å². The van der Waals surface area contributed by atoms with Crippen molar-refractivity contribution in [2.24, 2.45) is 0 Å². The van der Waals surface area contributed by atoms with Gasteiger partial charge in [-0.15, -0.1) is 0 Å². The van der Waals surface area contributed by atoms with Crippen molar-refractivity contribution in [2.45, 2.75) is 37.4 Å². The molecule has 0 bridgehead atoms. The Morgan fingerprint density at radius 1 is 1.42 bits per heavy atom. The molecule has 1 saturated carbocycles. The quantitative estimate of drug-likeness (QED) is 0.890. The highest BCUT2D eigenvalue weighted by molar-refractivity contribution is 8.00. The maximum atomic E-state index is 12.2. The summed E-state index contributed by atoms with van der Waals surface area (Å²) < 4.78 is 0.223. The highest BCUT2D eigenvalue weighted by atomic mass is 32.2. The van der Waals surface area contributed by atoms with Gasteiger partial charge >= 0.3 is 0 Å². The van der Waals surface area contributed by atoms with Gasteiger partial charge in [-0.25, -0.2) is 0 Å². The van der Waals surface area contributed by atoms with E-state index in [9.17, 15) is 9.90 Å². The molecule has 1 amide bonds. The molecule has 104 valence electrons. The first-order valence-corrected chi connectivity index (χ1v) is 7.92. The summed E-state index contributed by atoms with van der Waals surface area (Å²) >= 11 is 1.87. The number of carbonyl (C=O) groups excluding carboxylic acids is 1. The molecule has 2 N–H and O–H groups in total. The number of rotatable bonds is 4. The van der Waals surface area contributed by atoms with Crippen molar-refractivity contribution < 1.29 is 9.90 Å². The molecule has 1 fully saturated rings. The van der Waals surface area contributed by atoms with Crippen LogP contribution < -0.4 is 5.32 Å². The second kappa shape index (κ2) is 5.87. The van der Waals surface area contributed by atoms with Gasteiger partial charge in [0.1, 0.15) is 5.75 Å². The number of aryl methyl sites for hydroxylation is 1. The topological polar surface area (TPSA) is 49.3 Å². The first kappa shape index (κ1) is 14.3. The predicted molar refractivity (Wildman–Crippen MR) is 79.9 cm³/mol. The molecule has 2 rings (SSSR count). The summed E-state index contributed by atoms with van der Waals surface area (Å²) in [5, 5.41) is 12.4. The Kier molecular flexibility index (Phi) is 4.40. The number of benzene rings is 1. The minimum Gasteiger partial charge on any atom is -0.508 e. The Balaban J connectivity index is 2.01. The van der Waals surface area contributed by atoms with E-state index in [4.69, 9.17) is 0 Å². The van der Waals surface area contributed by atoms with E-state index >= 15 is 0 Å². The lowest BCUT2D eigenvalue weighted by molar-refractivity contribution is 0.0949. The molecule has 1 aliphatic rings. The smallest absolute Gasteiger partial charge is 0.251 e. The maximum Gasteiger partial charge on any atom is 0.251 e. The van der Waals surface area contributed by atoms with Gasteiger partial charge in [0.25, 0.3) is 5.91 Å². The molecule has 0 heterocycles. The van der Waals surface area contributed by atoms with Crippen molar-refractivity contribution in [3.63, 3.8) is 0 Å². The minimum atomic E-state index is -0.0437. The largest absolute Gasteiger partial charge is 0.508 e. The Morgan fingerprint density at radius 3 is 2.68 bits per heavy atom. The van der Waals surface area contributed by atoms with Crippen LogP contribution in [0.4, 0.5) is 0 Å². The molecule has 3 nitrogen and oxygen atoms in total. The molecule has 0 atom stereocenters. The van der Waals surface area contributed by atoms with Crippen molar-refractivity contribution >= 4 is 17.7 Å². The first-order chi connectivity index (χ1) is 9.06. The fourth-order valence-electron chi connectivity index (χ4n) is 2.71. The molecule has 0 unspecified atom stereocenters. The zero-order valence-corrected chi connectivity index (χ0v) is 12.3. The third-order valence-corrected chi connectivity index (χ3v) is 5.39. The summed E-state index contributed by atoms with van der Waals surface area (Å²) in [6.07, 6.45) is 7.01. The number of hydrogen-bond acceptors (Lipinski definition) is 3. The number of thioether (sulfide) groups is 1. The molecule has 1 aromatic rings. The number of phenols is 1. The van der Waals surface area contributed by atoms with Crippen molar-refractivity contribution in [1.29, 1.82) is 0 Å². The van der Waals surface area contributed by atoms with E-state index in [-0.39, 0.29) is 16.4 Å². The third-order valence-electron chi connectivity index (χ3n) is 3.97. The molecule has 0 saturated heterocycles. The normalized spacial score (nSPS) is 17.4. The van der Waals surface area contributed by atoms with E-state index in [1.807, 2.05) is 18.7 Å². The van der Waals surface area contributed by atoms with Crippen LogP contribution in [0.3, 0.4) is 0 Å². The van der Waals surface area contributed by atoms with Crippen LogP contribution in [0.1, 0.15) is 41.6 Å². The number of aromatic hydroxyl groups is 1. The Bertz CT molecular complexity index is 467. The second-order valence-corrected chi connectivity index (χ2v) is 6.55. The number of carbonyl (C=O) groups is 1. The highest BCUT2D eigenvalue weighted by Crippen LogP contribution is 2.39. The lowest BCUT2D eigenvalue weighted by atomic mass is 10.1. The van der Waals surface area contributed by atoms with Crippen LogP contribution in [0.25, 0.3) is 0 Å². The summed E-state index contributed by atoms with van der Waals surface area (Å²) in [5.74, 6) is 0.156. The average molecular weight is 279 g/mol. The van der Waals surface area contributed by atoms with Crippen LogP contribution in [0.15, 0.2) is 18.2 Å². The lowest BCUT2D eigenvalue weighted by Crippen LogP contribution is -2.38.